The van der Waals surface area contributed by atoms with Crippen molar-refractivity contribution in [3.8, 4) is 5.75 Å². The van der Waals surface area contributed by atoms with Crippen LogP contribution < -0.4 is 15.4 Å². The van der Waals surface area contributed by atoms with Gasteiger partial charge in [0.05, 0.1) is 22.8 Å². The van der Waals surface area contributed by atoms with Gasteiger partial charge in [-0.05, 0) is 71.3 Å². The van der Waals surface area contributed by atoms with E-state index in [2.05, 4.69) is 26.6 Å². The number of hydrogen-bond donors (Lipinski definition) is 2. The third kappa shape index (κ3) is 4.69. The number of ether oxygens (including phenoxy) is 1. The minimum Gasteiger partial charge on any atom is -0.496 e. The summed E-state index contributed by atoms with van der Waals surface area (Å²) in [6.07, 6.45) is 2.04. The SMILES string of the molecule is COc1ccc(C(=O)NC(=S)Nc2ccccc2C(=O)N2CCCC2)cc1Br. The molecule has 0 unspecified atom stereocenters. The Hall–Kier alpha value is -2.45. The predicted octanol–water partition coefficient (Wildman–Crippen LogP) is 3.82. The Bertz CT molecular complexity index is 913. The molecule has 1 aliphatic rings. The van der Waals surface area contributed by atoms with Crippen molar-refractivity contribution in [1.29, 1.82) is 0 Å². The molecular formula is C20H20BrN3O3S. The lowest BCUT2D eigenvalue weighted by Crippen LogP contribution is -2.35. The fraction of sp³-hybridized carbons (Fsp3) is 0.250. The monoisotopic (exact) mass is 461 g/mol. The predicted molar refractivity (Wildman–Crippen MR) is 116 cm³/mol. The third-order valence-corrected chi connectivity index (χ3v) is 5.26. The zero-order chi connectivity index (χ0) is 20.1. The summed E-state index contributed by atoms with van der Waals surface area (Å²) in [5, 5.41) is 5.73. The molecule has 6 nitrogen and oxygen atoms in total. The zero-order valence-electron chi connectivity index (χ0n) is 15.3. The van der Waals surface area contributed by atoms with Crippen LogP contribution in [0.5, 0.6) is 5.75 Å². The summed E-state index contributed by atoms with van der Waals surface area (Å²) in [6.45, 7) is 1.53. The number of methoxy groups -OCH3 is 1. The van der Waals surface area contributed by atoms with Gasteiger partial charge in [-0.2, -0.15) is 0 Å². The first-order chi connectivity index (χ1) is 13.5. The highest BCUT2D eigenvalue weighted by Crippen LogP contribution is 2.25. The molecule has 8 heteroatoms. The van der Waals surface area contributed by atoms with Crippen molar-refractivity contribution in [3.63, 3.8) is 0 Å². The first-order valence-corrected chi connectivity index (χ1v) is 10.0. The molecule has 0 aliphatic carbocycles. The number of carbonyl (C=O) groups excluding carboxylic acids is 2. The number of nitrogens with zero attached hydrogens (tertiary/aromatic N) is 1. The average molecular weight is 462 g/mol. The average Bonchev–Trinajstić information content (AvgIpc) is 3.22. The Balaban J connectivity index is 1.69. The standard InChI is InChI=1S/C20H20BrN3O3S/c1-27-17-9-8-13(12-15(17)21)18(25)23-20(28)22-16-7-3-2-6-14(16)19(26)24-10-4-5-11-24/h2-3,6-9,12H,4-5,10-11H2,1H3,(H2,22,23,25,28). The first-order valence-electron chi connectivity index (χ1n) is 8.84. The second kappa shape index (κ2) is 9.16. The maximum atomic E-state index is 12.7. The number of hydrogen-bond acceptors (Lipinski definition) is 4. The topological polar surface area (TPSA) is 70.7 Å². The molecule has 2 amide bonds. The number of rotatable bonds is 4. The minimum absolute atomic E-state index is 0.0335. The van der Waals surface area contributed by atoms with Gasteiger partial charge in [-0.15, -0.1) is 0 Å². The van der Waals surface area contributed by atoms with Gasteiger partial charge < -0.3 is 15.0 Å². The van der Waals surface area contributed by atoms with E-state index in [0.29, 0.717) is 27.0 Å². The van der Waals surface area contributed by atoms with Crippen molar-refractivity contribution in [2.45, 2.75) is 12.8 Å². The van der Waals surface area contributed by atoms with Gasteiger partial charge in [-0.25, -0.2) is 0 Å². The van der Waals surface area contributed by atoms with E-state index in [1.54, 1.807) is 37.4 Å². The van der Waals surface area contributed by atoms with Gasteiger partial charge in [-0.3, -0.25) is 14.9 Å². The van der Waals surface area contributed by atoms with Gasteiger partial charge in [0.1, 0.15) is 5.75 Å². The summed E-state index contributed by atoms with van der Waals surface area (Å²) in [6, 6.07) is 12.1. The van der Waals surface area contributed by atoms with Crippen LogP contribution in [0.4, 0.5) is 5.69 Å². The molecule has 3 rings (SSSR count). The summed E-state index contributed by atoms with van der Waals surface area (Å²) in [4.78, 5) is 27.0. The molecule has 0 spiro atoms. The van der Waals surface area contributed by atoms with E-state index in [-0.39, 0.29) is 16.9 Å². The molecule has 2 N–H and O–H groups in total. The fourth-order valence-corrected chi connectivity index (χ4v) is 3.75. The van der Waals surface area contributed by atoms with Gasteiger partial charge in [0.2, 0.25) is 0 Å². The van der Waals surface area contributed by atoms with Crippen LogP contribution >= 0.6 is 28.1 Å². The molecular weight excluding hydrogens is 442 g/mol. The minimum atomic E-state index is -0.357. The summed E-state index contributed by atoms with van der Waals surface area (Å²) in [7, 11) is 1.56. The molecule has 0 radical (unpaired) electrons. The number of likely N-dealkylation sites (tertiary alicyclic amines) is 1. The molecule has 0 aromatic heterocycles. The smallest absolute Gasteiger partial charge is 0.257 e. The molecule has 1 heterocycles. The summed E-state index contributed by atoms with van der Waals surface area (Å²) >= 11 is 8.63. The Morgan fingerprint density at radius 2 is 1.86 bits per heavy atom. The van der Waals surface area contributed by atoms with Crippen LogP contribution in [0.25, 0.3) is 0 Å². The Kier molecular flexibility index (Phi) is 6.64. The van der Waals surface area contributed by atoms with Crippen LogP contribution in [0.1, 0.15) is 33.6 Å². The molecule has 1 fully saturated rings. The van der Waals surface area contributed by atoms with Crippen molar-refractivity contribution >= 4 is 50.8 Å². The summed E-state index contributed by atoms with van der Waals surface area (Å²) < 4.78 is 5.83. The maximum absolute atomic E-state index is 12.7. The number of carbonyl (C=O) groups is 2. The summed E-state index contributed by atoms with van der Waals surface area (Å²) in [5.74, 6) is 0.240. The quantitative estimate of drug-likeness (QED) is 0.677. The third-order valence-electron chi connectivity index (χ3n) is 4.44. The van der Waals surface area contributed by atoms with Crippen molar-refractivity contribution in [2.24, 2.45) is 0 Å². The van der Waals surface area contributed by atoms with E-state index in [0.717, 1.165) is 25.9 Å². The van der Waals surface area contributed by atoms with Crippen LogP contribution in [0.2, 0.25) is 0 Å². The maximum Gasteiger partial charge on any atom is 0.257 e. The summed E-state index contributed by atoms with van der Waals surface area (Å²) in [5.41, 5.74) is 1.53. The number of amides is 2. The number of thiocarbonyl (C=S) groups is 1. The first kappa shape index (κ1) is 20.3. The van der Waals surface area contributed by atoms with Crippen molar-refractivity contribution < 1.29 is 14.3 Å². The van der Waals surface area contributed by atoms with E-state index in [1.807, 2.05) is 17.0 Å². The van der Waals surface area contributed by atoms with E-state index < -0.39 is 0 Å². The van der Waals surface area contributed by atoms with Gasteiger partial charge in [-0.1, -0.05) is 12.1 Å². The van der Waals surface area contributed by atoms with E-state index in [9.17, 15) is 9.59 Å². The molecule has 0 saturated carbocycles. The van der Waals surface area contributed by atoms with E-state index >= 15 is 0 Å². The molecule has 0 bridgehead atoms. The van der Waals surface area contributed by atoms with Gasteiger partial charge in [0.15, 0.2) is 5.11 Å². The van der Waals surface area contributed by atoms with Crippen molar-refractivity contribution in [3.05, 3.63) is 58.1 Å². The Labute approximate surface area is 177 Å². The Morgan fingerprint density at radius 1 is 1.14 bits per heavy atom. The molecule has 2 aromatic carbocycles. The zero-order valence-corrected chi connectivity index (χ0v) is 17.7. The molecule has 146 valence electrons. The highest BCUT2D eigenvalue weighted by Gasteiger charge is 2.22. The lowest BCUT2D eigenvalue weighted by Gasteiger charge is -2.18. The molecule has 0 atom stereocenters. The second-order valence-electron chi connectivity index (χ2n) is 6.30. The molecule has 28 heavy (non-hydrogen) atoms. The fourth-order valence-electron chi connectivity index (χ4n) is 3.01. The largest absolute Gasteiger partial charge is 0.496 e. The number of anilines is 1. The van der Waals surface area contributed by atoms with Gasteiger partial charge in [0.25, 0.3) is 11.8 Å². The molecule has 1 saturated heterocycles. The van der Waals surface area contributed by atoms with Crippen LogP contribution in [0, 0.1) is 0 Å². The lowest BCUT2D eigenvalue weighted by atomic mass is 10.1. The van der Waals surface area contributed by atoms with E-state index in [4.69, 9.17) is 17.0 Å². The number of halogens is 1. The van der Waals surface area contributed by atoms with Crippen molar-refractivity contribution in [2.75, 3.05) is 25.5 Å². The van der Waals surface area contributed by atoms with Gasteiger partial charge >= 0.3 is 0 Å². The lowest BCUT2D eigenvalue weighted by molar-refractivity contribution is 0.0793. The van der Waals surface area contributed by atoms with Crippen molar-refractivity contribution in [1.82, 2.24) is 10.2 Å². The number of para-hydroxylation sites is 1. The number of nitrogens with one attached hydrogen (secondary N) is 2. The van der Waals surface area contributed by atoms with Crippen LogP contribution in [-0.4, -0.2) is 42.0 Å². The van der Waals surface area contributed by atoms with Crippen LogP contribution in [0.3, 0.4) is 0 Å². The Morgan fingerprint density at radius 3 is 2.54 bits per heavy atom. The van der Waals surface area contributed by atoms with E-state index in [1.165, 1.54) is 0 Å². The number of benzene rings is 2. The highest BCUT2D eigenvalue weighted by atomic mass is 79.9. The van der Waals surface area contributed by atoms with Crippen LogP contribution in [-0.2, 0) is 0 Å². The molecule has 1 aliphatic heterocycles. The second-order valence-corrected chi connectivity index (χ2v) is 7.57. The van der Waals surface area contributed by atoms with Crippen LogP contribution in [0.15, 0.2) is 46.9 Å². The van der Waals surface area contributed by atoms with Gasteiger partial charge in [0, 0.05) is 18.7 Å². The highest BCUT2D eigenvalue weighted by molar-refractivity contribution is 9.10. The normalized spacial score (nSPS) is 13.1. The molecule has 2 aromatic rings.